The minimum Gasteiger partial charge on any atom is -0.384 e. The first-order chi connectivity index (χ1) is 8.09. The van der Waals surface area contributed by atoms with E-state index in [-0.39, 0.29) is 5.84 Å². The molecule has 2 rings (SSSR count). The Labute approximate surface area is 107 Å². The van der Waals surface area contributed by atoms with Gasteiger partial charge in [-0.1, -0.05) is 0 Å². The monoisotopic (exact) mass is 249 g/mol. The molecular weight excluding hydrogens is 230 g/mol. The predicted octanol–water partition coefficient (Wildman–Crippen LogP) is 2.22. The van der Waals surface area contributed by atoms with Crippen molar-refractivity contribution >= 4 is 23.3 Å². The van der Waals surface area contributed by atoms with Crippen LogP contribution in [0.2, 0.25) is 0 Å². The Hall–Kier alpha value is -1.16. The van der Waals surface area contributed by atoms with Crippen LogP contribution in [-0.2, 0) is 0 Å². The highest BCUT2D eigenvalue weighted by molar-refractivity contribution is 7.99. The number of nitrogens with one attached hydrogen (secondary N) is 1. The van der Waals surface area contributed by atoms with Gasteiger partial charge in [0, 0.05) is 35.3 Å². The van der Waals surface area contributed by atoms with Gasteiger partial charge in [-0.15, -0.1) is 0 Å². The summed E-state index contributed by atoms with van der Waals surface area (Å²) in [6, 6.07) is 6.76. The van der Waals surface area contributed by atoms with Gasteiger partial charge in [-0.05, 0) is 37.6 Å². The molecule has 0 bridgehead atoms. The molecule has 0 spiro atoms. The summed E-state index contributed by atoms with van der Waals surface area (Å²) in [5.41, 5.74) is 8.71. The van der Waals surface area contributed by atoms with E-state index >= 15 is 0 Å². The zero-order valence-corrected chi connectivity index (χ0v) is 11.2. The summed E-state index contributed by atoms with van der Waals surface area (Å²) in [6.45, 7) is 5.38. The van der Waals surface area contributed by atoms with Crippen molar-refractivity contribution in [3.63, 3.8) is 0 Å². The molecule has 3 N–H and O–H groups in total. The van der Waals surface area contributed by atoms with Crippen molar-refractivity contribution in [1.29, 1.82) is 5.41 Å². The smallest absolute Gasteiger partial charge is 0.123 e. The molecule has 1 aromatic carbocycles. The van der Waals surface area contributed by atoms with E-state index in [0.29, 0.717) is 6.04 Å². The van der Waals surface area contributed by atoms with E-state index in [9.17, 15) is 0 Å². The molecule has 1 aliphatic rings. The van der Waals surface area contributed by atoms with E-state index in [1.54, 1.807) is 0 Å². The lowest BCUT2D eigenvalue weighted by Crippen LogP contribution is -2.40. The van der Waals surface area contributed by atoms with Gasteiger partial charge in [-0.3, -0.25) is 5.41 Å². The summed E-state index contributed by atoms with van der Waals surface area (Å²) < 4.78 is 0. The van der Waals surface area contributed by atoms with Gasteiger partial charge in [0.15, 0.2) is 0 Å². The maximum Gasteiger partial charge on any atom is 0.123 e. The molecule has 1 saturated heterocycles. The second kappa shape index (κ2) is 5.00. The van der Waals surface area contributed by atoms with Crippen LogP contribution in [0.3, 0.4) is 0 Å². The third-order valence-corrected chi connectivity index (χ3v) is 4.39. The van der Waals surface area contributed by atoms with Crippen molar-refractivity contribution in [1.82, 2.24) is 0 Å². The van der Waals surface area contributed by atoms with Crippen molar-refractivity contribution < 1.29 is 0 Å². The largest absolute Gasteiger partial charge is 0.384 e. The number of nitrogen functional groups attached to an aromatic ring is 1. The molecule has 1 heterocycles. The predicted molar refractivity (Wildman–Crippen MR) is 76.3 cm³/mol. The molecule has 92 valence electrons. The van der Waals surface area contributed by atoms with E-state index in [1.165, 1.54) is 17.2 Å². The van der Waals surface area contributed by atoms with E-state index in [1.807, 2.05) is 24.8 Å². The maximum absolute atomic E-state index is 7.49. The molecule has 1 unspecified atom stereocenters. The fourth-order valence-corrected chi connectivity index (χ4v) is 3.25. The van der Waals surface area contributed by atoms with Crippen LogP contribution in [0.4, 0.5) is 5.69 Å². The number of hydrogen-bond donors (Lipinski definition) is 2. The molecule has 1 fully saturated rings. The van der Waals surface area contributed by atoms with Crippen LogP contribution in [0.1, 0.15) is 18.1 Å². The van der Waals surface area contributed by atoms with Crippen LogP contribution in [0.5, 0.6) is 0 Å². The van der Waals surface area contributed by atoms with Gasteiger partial charge < -0.3 is 10.6 Å². The molecule has 0 aliphatic carbocycles. The molecule has 4 heteroatoms. The van der Waals surface area contributed by atoms with E-state index in [4.69, 9.17) is 11.1 Å². The number of rotatable bonds is 2. The molecule has 0 aromatic heterocycles. The van der Waals surface area contributed by atoms with Crippen molar-refractivity contribution in [2.24, 2.45) is 5.73 Å². The van der Waals surface area contributed by atoms with Gasteiger partial charge in [-0.2, -0.15) is 11.8 Å². The summed E-state index contributed by atoms with van der Waals surface area (Å²) in [5.74, 6) is 2.53. The summed E-state index contributed by atoms with van der Waals surface area (Å²) in [7, 11) is 0. The molecule has 0 amide bonds. The Morgan fingerprint density at radius 2 is 2.29 bits per heavy atom. The first kappa shape index (κ1) is 12.3. The molecule has 1 aliphatic heterocycles. The van der Waals surface area contributed by atoms with Gasteiger partial charge in [0.1, 0.15) is 5.84 Å². The van der Waals surface area contributed by atoms with Crippen LogP contribution in [0.25, 0.3) is 0 Å². The highest BCUT2D eigenvalue weighted by Gasteiger charge is 2.19. The Bertz CT molecular complexity index is 431. The third-order valence-electron chi connectivity index (χ3n) is 3.20. The van der Waals surface area contributed by atoms with Crippen LogP contribution in [0, 0.1) is 12.3 Å². The number of hydrogen-bond acceptors (Lipinski definition) is 3. The van der Waals surface area contributed by atoms with Gasteiger partial charge in [0.25, 0.3) is 0 Å². The van der Waals surface area contributed by atoms with Crippen LogP contribution in [0.15, 0.2) is 18.2 Å². The minimum atomic E-state index is 0.149. The van der Waals surface area contributed by atoms with Crippen molar-refractivity contribution in [3.8, 4) is 0 Å². The molecule has 0 saturated carbocycles. The average Bonchev–Trinajstić information content (AvgIpc) is 2.29. The second-order valence-corrected chi connectivity index (χ2v) is 5.68. The normalized spacial score (nSPS) is 20.4. The molecular formula is C13H19N3S. The Kier molecular flexibility index (Phi) is 3.62. The Morgan fingerprint density at radius 3 is 2.88 bits per heavy atom. The van der Waals surface area contributed by atoms with E-state index < -0.39 is 0 Å². The molecule has 1 aromatic rings. The zero-order chi connectivity index (χ0) is 12.4. The molecule has 17 heavy (non-hydrogen) atoms. The quantitative estimate of drug-likeness (QED) is 0.624. The SMILES string of the molecule is Cc1cc(N2CCSCC2C)ccc1C(=N)N. The molecule has 1 atom stereocenters. The van der Waals surface area contributed by atoms with Gasteiger partial charge in [0.05, 0.1) is 0 Å². The lowest BCUT2D eigenvalue weighted by atomic mass is 10.1. The Balaban J connectivity index is 2.27. The lowest BCUT2D eigenvalue weighted by molar-refractivity contribution is 0.700. The number of benzene rings is 1. The second-order valence-electron chi connectivity index (χ2n) is 4.53. The number of nitrogens with zero attached hydrogens (tertiary/aromatic N) is 1. The highest BCUT2D eigenvalue weighted by Crippen LogP contribution is 2.25. The number of aryl methyl sites for hydroxylation is 1. The fraction of sp³-hybridized carbons (Fsp3) is 0.462. The molecule has 0 radical (unpaired) electrons. The first-order valence-electron chi connectivity index (χ1n) is 5.89. The first-order valence-corrected chi connectivity index (χ1v) is 7.04. The minimum absolute atomic E-state index is 0.149. The van der Waals surface area contributed by atoms with Crippen molar-refractivity contribution in [2.45, 2.75) is 19.9 Å². The Morgan fingerprint density at radius 1 is 1.53 bits per heavy atom. The van der Waals surface area contributed by atoms with Crippen molar-refractivity contribution in [2.75, 3.05) is 23.0 Å². The fourth-order valence-electron chi connectivity index (χ4n) is 2.24. The number of amidine groups is 1. The highest BCUT2D eigenvalue weighted by atomic mass is 32.2. The van der Waals surface area contributed by atoms with Gasteiger partial charge in [-0.25, -0.2) is 0 Å². The number of thioether (sulfide) groups is 1. The van der Waals surface area contributed by atoms with Crippen LogP contribution < -0.4 is 10.6 Å². The van der Waals surface area contributed by atoms with E-state index in [2.05, 4.69) is 24.0 Å². The standard InChI is InChI=1S/C13H19N3S/c1-9-7-11(3-4-12(9)13(14)15)16-5-6-17-8-10(16)2/h3-4,7,10H,5-6,8H2,1-2H3,(H3,14,15). The summed E-state index contributed by atoms with van der Waals surface area (Å²) in [4.78, 5) is 2.44. The lowest BCUT2D eigenvalue weighted by Gasteiger charge is -2.35. The van der Waals surface area contributed by atoms with Crippen LogP contribution >= 0.6 is 11.8 Å². The van der Waals surface area contributed by atoms with Gasteiger partial charge in [0.2, 0.25) is 0 Å². The third kappa shape index (κ3) is 2.57. The average molecular weight is 249 g/mol. The topological polar surface area (TPSA) is 53.1 Å². The molecule has 3 nitrogen and oxygen atoms in total. The van der Waals surface area contributed by atoms with Crippen molar-refractivity contribution in [3.05, 3.63) is 29.3 Å². The number of nitrogens with two attached hydrogens (primary N) is 1. The van der Waals surface area contributed by atoms with Gasteiger partial charge >= 0.3 is 0 Å². The summed E-state index contributed by atoms with van der Waals surface area (Å²) >= 11 is 2.02. The summed E-state index contributed by atoms with van der Waals surface area (Å²) in [6.07, 6.45) is 0. The van der Waals surface area contributed by atoms with Crippen LogP contribution in [-0.4, -0.2) is 29.9 Å². The van der Waals surface area contributed by atoms with E-state index in [0.717, 1.165) is 17.7 Å². The summed E-state index contributed by atoms with van der Waals surface area (Å²) in [5, 5.41) is 7.49. The maximum atomic E-state index is 7.49. The zero-order valence-electron chi connectivity index (χ0n) is 10.4. The number of anilines is 1.